The number of hydrogen-bond donors (Lipinski definition) is 9. The summed E-state index contributed by atoms with van der Waals surface area (Å²) in [6.45, 7) is 6.51. The molecule has 0 bridgehead atoms. The number of nitrogens with one attached hydrogen (secondary N) is 6. The molecular weight excluding hydrogens is 1590 g/mol. The number of anilines is 3. The Kier molecular flexibility index (Phi) is 30.0. The molecule has 16 rings (SSSR count). The summed E-state index contributed by atoms with van der Waals surface area (Å²) in [6, 6.07) is 55.8. The summed E-state index contributed by atoms with van der Waals surface area (Å²) >= 11 is 17.9. The highest BCUT2D eigenvalue weighted by atomic mass is 35.5. The van der Waals surface area contributed by atoms with E-state index in [0.717, 1.165) is 85.1 Å². The van der Waals surface area contributed by atoms with Crippen LogP contribution in [0, 0.1) is 6.92 Å². The molecule has 6 aromatic carbocycles. The van der Waals surface area contributed by atoms with Crippen molar-refractivity contribution in [2.24, 2.45) is 11.5 Å². The minimum absolute atomic E-state index is 0.119. The van der Waals surface area contributed by atoms with E-state index in [1.165, 1.54) is 53.2 Å². The molecule has 33 nitrogen and oxygen atoms in total. The van der Waals surface area contributed by atoms with Crippen molar-refractivity contribution in [3.05, 3.63) is 283 Å². The highest BCUT2D eigenvalue weighted by Crippen LogP contribution is 2.34. The smallest absolute Gasteiger partial charge is 0.268 e. The number of H-pyrrole nitrogens is 5. The Bertz CT molecular complexity index is 6380. The zero-order chi connectivity index (χ0) is 84.6. The first-order chi connectivity index (χ1) is 58.2. The summed E-state index contributed by atoms with van der Waals surface area (Å²) in [5, 5.41) is 61.0. The van der Waals surface area contributed by atoms with Crippen LogP contribution in [0.2, 0.25) is 15.1 Å². The molecule has 622 valence electrons. The molecule has 2 atom stereocenters. The third-order valence-electron chi connectivity index (χ3n) is 19.5. The van der Waals surface area contributed by atoms with Crippen molar-refractivity contribution in [2.75, 3.05) is 59.0 Å². The van der Waals surface area contributed by atoms with E-state index in [9.17, 15) is 24.0 Å². The molecule has 0 saturated heterocycles. The fourth-order valence-electron chi connectivity index (χ4n) is 13.2. The van der Waals surface area contributed by atoms with E-state index < -0.39 is 0 Å². The molecule has 2 unspecified atom stereocenters. The van der Waals surface area contributed by atoms with E-state index in [0.29, 0.717) is 158 Å². The largest absolute Gasteiger partial charge is 0.493 e. The number of fused-ring (bicyclic) bond motifs is 5. The van der Waals surface area contributed by atoms with Crippen LogP contribution >= 0.6 is 34.8 Å². The Balaban J connectivity index is 0.000000138. The average molecular weight is 1690 g/mol. The number of halogens is 3. The number of para-hydroxylation sites is 2. The maximum Gasteiger partial charge on any atom is 0.268 e. The lowest BCUT2D eigenvalue weighted by atomic mass is 9.92. The van der Waals surface area contributed by atoms with Crippen LogP contribution in [-0.2, 0) is 45.6 Å². The summed E-state index contributed by atoms with van der Waals surface area (Å²) in [4.78, 5) is 62.8. The lowest BCUT2D eigenvalue weighted by molar-refractivity contribution is 0.353. The van der Waals surface area contributed by atoms with E-state index in [4.69, 9.17) is 66.2 Å². The van der Waals surface area contributed by atoms with E-state index in [-0.39, 0.29) is 33.7 Å². The Morgan fingerprint density at radius 2 is 1.01 bits per heavy atom. The van der Waals surface area contributed by atoms with Crippen LogP contribution < -0.4 is 64.5 Å². The van der Waals surface area contributed by atoms with Gasteiger partial charge in [-0.1, -0.05) is 126 Å². The van der Waals surface area contributed by atoms with Gasteiger partial charge in [-0.2, -0.15) is 45.9 Å². The molecule has 16 aromatic rings. The van der Waals surface area contributed by atoms with Crippen molar-refractivity contribution >= 4 is 107 Å². The number of aromatic nitrogens is 20. The van der Waals surface area contributed by atoms with E-state index >= 15 is 0 Å². The van der Waals surface area contributed by atoms with Crippen molar-refractivity contribution in [1.29, 1.82) is 0 Å². The fraction of sp³-hybridized carbons (Fsp3) is 0.274. The van der Waals surface area contributed by atoms with Crippen LogP contribution in [0.5, 0.6) is 23.1 Å². The Labute approximate surface area is 701 Å². The first-order valence-corrected chi connectivity index (χ1v) is 39.9. The van der Waals surface area contributed by atoms with Gasteiger partial charge >= 0.3 is 0 Å². The van der Waals surface area contributed by atoms with Crippen LogP contribution in [0.25, 0.3) is 55.2 Å². The Morgan fingerprint density at radius 3 is 1.66 bits per heavy atom. The van der Waals surface area contributed by atoms with E-state index in [1.54, 1.807) is 32.5 Å². The number of benzene rings is 6. The third-order valence-corrected chi connectivity index (χ3v) is 20.4. The van der Waals surface area contributed by atoms with Gasteiger partial charge in [-0.25, -0.2) is 23.4 Å². The molecule has 0 aliphatic carbocycles. The van der Waals surface area contributed by atoms with Crippen molar-refractivity contribution < 1.29 is 14.2 Å². The van der Waals surface area contributed by atoms with Gasteiger partial charge < -0.3 is 41.6 Å². The lowest BCUT2D eigenvalue weighted by Crippen LogP contribution is -2.24. The first-order valence-electron chi connectivity index (χ1n) is 38.7. The molecule has 0 amide bonds. The number of aromatic amines is 5. The molecule has 0 fully saturated rings. The van der Waals surface area contributed by atoms with Gasteiger partial charge in [0, 0.05) is 73.8 Å². The van der Waals surface area contributed by atoms with Gasteiger partial charge in [0.15, 0.2) is 39.7 Å². The first kappa shape index (κ1) is 86.2. The second-order valence-corrected chi connectivity index (χ2v) is 29.5. The van der Waals surface area contributed by atoms with E-state index in [2.05, 4.69) is 98.8 Å². The number of nitrogens with zero attached hydrogens (tertiary/aromatic N) is 16. The van der Waals surface area contributed by atoms with Crippen LogP contribution in [0.3, 0.4) is 0 Å². The number of ether oxygens (including phenoxy) is 3. The van der Waals surface area contributed by atoms with Crippen molar-refractivity contribution in [3.8, 4) is 23.1 Å². The third kappa shape index (κ3) is 23.0. The normalized spacial score (nSPS) is 11.7. The molecule has 36 heteroatoms. The van der Waals surface area contributed by atoms with Crippen LogP contribution in [0.15, 0.2) is 212 Å². The molecule has 10 aromatic heterocycles. The number of rotatable bonds is 29. The molecule has 0 radical (unpaired) electrons. The minimum atomic E-state index is -0.200. The zero-order valence-electron chi connectivity index (χ0n) is 66.7. The predicted octanol–water partition coefficient (Wildman–Crippen LogP) is 11.9. The van der Waals surface area contributed by atoms with Gasteiger partial charge in [-0.3, -0.25) is 49.5 Å². The summed E-state index contributed by atoms with van der Waals surface area (Å²) in [6.07, 6.45) is 7.90. The minimum Gasteiger partial charge on any atom is -0.493 e. The standard InChI is InChI=1S/C19H15ClN4O2.C18H23N5O3.2C16H20N6O.C15H14Cl2N4O/c20-14-6-4-5-13(11-14)9-10-24-17(25)12-16-18(23-24)19(22-21-16)26-15-7-2-1-3-8-15;1-25-16-4-3-13(9-17(16)26-2)12(5-7-19)6-8-23-18(24)10-14-15(22-23)11-20-21-14;1-21(2)9-6-10-22-14(23)11-13-15(20-22)16(19-18-13)17-12-7-4-3-5-8-12;17-8-6-12(11-4-2-1-3-5-11)7-9-22-14(23)10-13-15(21-22)16(18)20-19-13;1-9-15-13(19-18-9)8-14(22)21(20-15)6-2-3-10-4-5-11(16)12(17)7-10/h1-8,11-12,21H,9-10H2;3-4,9-12,21H,5-8,19H2,1-2H3;3-5,7-8,11,18H,6,9-10H2,1-2H3,(H,17,19);1-5,10,12,19H,6-9,17H2,(H2,18,20);4-5,7-8,19H,2-3,6H2,1H3. The maximum atomic E-state index is 12.3. The van der Waals surface area contributed by atoms with Gasteiger partial charge in [-0.15, -0.1) is 5.10 Å². The van der Waals surface area contributed by atoms with Gasteiger partial charge in [-0.05, 0) is 187 Å². The molecule has 10 heterocycles. The molecule has 0 saturated carbocycles. The molecule has 0 aliphatic heterocycles. The molecular formula is C84H92Cl3N25O8. The van der Waals surface area contributed by atoms with Gasteiger partial charge in [0.2, 0.25) is 0 Å². The second kappa shape index (κ2) is 41.8. The van der Waals surface area contributed by atoms with E-state index in [1.807, 2.05) is 154 Å². The van der Waals surface area contributed by atoms with Crippen molar-refractivity contribution in [1.82, 2.24) is 105 Å². The summed E-state index contributed by atoms with van der Waals surface area (Å²) in [7, 11) is 7.25. The van der Waals surface area contributed by atoms with Crippen LogP contribution in [0.1, 0.15) is 78.3 Å². The van der Waals surface area contributed by atoms with Crippen LogP contribution in [-0.4, -0.2) is 153 Å². The van der Waals surface area contributed by atoms with Gasteiger partial charge in [0.05, 0.1) is 63.7 Å². The topological polar surface area (TPSA) is 439 Å². The summed E-state index contributed by atoms with van der Waals surface area (Å²) < 4.78 is 23.8. The molecule has 0 aliphatic rings. The monoisotopic (exact) mass is 1680 g/mol. The van der Waals surface area contributed by atoms with Gasteiger partial charge in [0.1, 0.15) is 16.8 Å². The highest BCUT2D eigenvalue weighted by molar-refractivity contribution is 6.42. The number of nitrogen functional groups attached to an aromatic ring is 1. The lowest BCUT2D eigenvalue weighted by Gasteiger charge is -2.18. The molecule has 12 N–H and O–H groups in total. The Morgan fingerprint density at radius 1 is 0.467 bits per heavy atom. The number of nitrogens with two attached hydrogens (primary N) is 3. The summed E-state index contributed by atoms with van der Waals surface area (Å²) in [5.74, 6) is 3.76. The maximum absolute atomic E-state index is 12.3. The predicted molar refractivity (Wildman–Crippen MR) is 467 cm³/mol. The van der Waals surface area contributed by atoms with Crippen molar-refractivity contribution in [2.45, 2.75) is 103 Å². The van der Waals surface area contributed by atoms with Gasteiger partial charge in [0.25, 0.3) is 33.7 Å². The fourth-order valence-corrected chi connectivity index (χ4v) is 13.7. The highest BCUT2D eigenvalue weighted by Gasteiger charge is 2.20. The number of methoxy groups -OCH3 is 2. The average Bonchev–Trinajstić information content (AvgIpc) is 1.66. The summed E-state index contributed by atoms with van der Waals surface area (Å²) in [5.41, 5.74) is 28.8. The number of hydrogen-bond acceptors (Lipinski definition) is 23. The second-order valence-electron chi connectivity index (χ2n) is 28.2. The molecule has 120 heavy (non-hydrogen) atoms. The quantitative estimate of drug-likeness (QED) is 0.0210. The number of aryl methyl sites for hydroxylation is 8. The Hall–Kier alpha value is -13.2. The molecule has 0 spiro atoms. The SMILES string of the molecule is CN(C)CCCn1nc2c(Nc3ccccc3)n[nH]c2cc1=O.COc1ccc(C(CCN)CCn2nc3cn[nH]c3cc2=O)cc1OC.Cc1n[nH]c2cc(=O)n(CCCc3ccc(Cl)c(Cl)c3)nc12.NCCC(CCn1nc2c(N)n[nH]c2cc1=O)c1ccccc1.O=c1cc2[nH]nc(Oc3ccccc3)c2nn1CCc1cccc(Cl)c1. The van der Waals surface area contributed by atoms with Crippen LogP contribution in [0.4, 0.5) is 17.3 Å². The van der Waals surface area contributed by atoms with Crippen molar-refractivity contribution in [3.63, 3.8) is 0 Å². The zero-order valence-corrected chi connectivity index (χ0v) is 68.9.